The molecule has 2 N–H and O–H groups in total. The molecule has 0 aromatic heterocycles. The lowest BCUT2D eigenvalue weighted by atomic mass is 9.85. The van der Waals surface area contributed by atoms with Crippen molar-refractivity contribution in [2.24, 2.45) is 11.8 Å². The van der Waals surface area contributed by atoms with Crippen molar-refractivity contribution < 1.29 is 19.7 Å². The van der Waals surface area contributed by atoms with E-state index in [1.807, 2.05) is 0 Å². The molecule has 1 aliphatic carbocycles. The van der Waals surface area contributed by atoms with Gasteiger partial charge < -0.3 is 14.9 Å². The number of carbonyl (C=O) groups is 1. The highest BCUT2D eigenvalue weighted by Crippen LogP contribution is 2.38. The summed E-state index contributed by atoms with van der Waals surface area (Å²) < 4.78 is 4.62. The number of rotatable bonds is 13. The van der Waals surface area contributed by atoms with Crippen LogP contribution in [0.1, 0.15) is 84.0 Å². The van der Waals surface area contributed by atoms with Crippen LogP contribution in [-0.4, -0.2) is 35.5 Å². The second-order valence-corrected chi connectivity index (χ2v) is 7.42. The highest BCUT2D eigenvalue weighted by atomic mass is 16.5. The molecule has 0 radical (unpaired) electrons. The summed E-state index contributed by atoms with van der Waals surface area (Å²) in [6.45, 7) is 2.21. The molecule has 0 bridgehead atoms. The number of unbranched alkanes of at least 4 members (excludes halogenated alkanes) is 5. The lowest BCUT2D eigenvalue weighted by Gasteiger charge is -2.25. The monoisotopic (exact) mass is 354 g/mol. The van der Waals surface area contributed by atoms with Gasteiger partial charge in [0.15, 0.2) is 0 Å². The van der Waals surface area contributed by atoms with E-state index in [0.717, 1.165) is 44.9 Å². The van der Waals surface area contributed by atoms with Crippen molar-refractivity contribution in [1.29, 1.82) is 0 Å². The Bertz CT molecular complexity index is 380. The van der Waals surface area contributed by atoms with Gasteiger partial charge in [-0.3, -0.25) is 4.79 Å². The Balaban J connectivity index is 2.28. The molecule has 2 unspecified atom stereocenters. The molecule has 4 nitrogen and oxygen atoms in total. The number of hydrogen-bond acceptors (Lipinski definition) is 4. The molecule has 0 aliphatic heterocycles. The first kappa shape index (κ1) is 22.2. The van der Waals surface area contributed by atoms with Gasteiger partial charge in [-0.15, -0.1) is 0 Å². The first-order chi connectivity index (χ1) is 12.1. The zero-order chi connectivity index (χ0) is 18.5. The minimum Gasteiger partial charge on any atom is -0.469 e. The standard InChI is InChI=1S/C21H38O4/c1-3-4-5-6-10-13-19(22)18-15-16-20(23)17(18)12-9-7-8-11-14-21(24)25-2/h7,9,17-20,22-23H,3-6,8,10-16H2,1-2H3/t17-,18-,19?,20?/m1/s1. The normalized spacial score (nSPS) is 24.7. The van der Waals surface area contributed by atoms with Crippen molar-refractivity contribution in [3.05, 3.63) is 12.2 Å². The van der Waals surface area contributed by atoms with E-state index in [1.165, 1.54) is 32.8 Å². The van der Waals surface area contributed by atoms with E-state index in [2.05, 4.69) is 23.8 Å². The second kappa shape index (κ2) is 13.3. The molecule has 0 amide bonds. The summed E-state index contributed by atoms with van der Waals surface area (Å²) >= 11 is 0. The van der Waals surface area contributed by atoms with Crippen molar-refractivity contribution in [1.82, 2.24) is 0 Å². The Labute approximate surface area is 153 Å². The van der Waals surface area contributed by atoms with E-state index in [0.29, 0.717) is 6.42 Å². The summed E-state index contributed by atoms with van der Waals surface area (Å²) in [5.74, 6) is 0.227. The van der Waals surface area contributed by atoms with Crippen molar-refractivity contribution in [2.75, 3.05) is 7.11 Å². The Hall–Kier alpha value is -0.870. The van der Waals surface area contributed by atoms with Gasteiger partial charge in [-0.2, -0.15) is 0 Å². The van der Waals surface area contributed by atoms with E-state index < -0.39 is 0 Å². The van der Waals surface area contributed by atoms with Gasteiger partial charge in [0.25, 0.3) is 0 Å². The summed E-state index contributed by atoms with van der Waals surface area (Å²) in [5.41, 5.74) is 0. The van der Waals surface area contributed by atoms with Crippen LogP contribution in [0.3, 0.4) is 0 Å². The molecule has 0 aromatic carbocycles. The number of carbonyl (C=O) groups excluding carboxylic acids is 1. The zero-order valence-corrected chi connectivity index (χ0v) is 16.2. The van der Waals surface area contributed by atoms with Crippen molar-refractivity contribution >= 4 is 5.97 Å². The van der Waals surface area contributed by atoms with E-state index in [1.54, 1.807) is 0 Å². The summed E-state index contributed by atoms with van der Waals surface area (Å²) in [6, 6.07) is 0. The van der Waals surface area contributed by atoms with Crippen LogP contribution >= 0.6 is 0 Å². The Morgan fingerprint density at radius 1 is 1.16 bits per heavy atom. The molecule has 25 heavy (non-hydrogen) atoms. The number of methoxy groups -OCH3 is 1. The number of aliphatic hydroxyl groups excluding tert-OH is 2. The summed E-state index contributed by atoms with van der Waals surface area (Å²) in [5, 5.41) is 20.8. The largest absolute Gasteiger partial charge is 0.469 e. The fourth-order valence-electron chi connectivity index (χ4n) is 3.89. The predicted octanol–water partition coefficient (Wildman–Crippen LogP) is 4.38. The second-order valence-electron chi connectivity index (χ2n) is 7.42. The number of allylic oxidation sites excluding steroid dienone is 2. The highest BCUT2D eigenvalue weighted by molar-refractivity contribution is 5.69. The Morgan fingerprint density at radius 2 is 1.92 bits per heavy atom. The van der Waals surface area contributed by atoms with Crippen LogP contribution in [0, 0.1) is 11.8 Å². The van der Waals surface area contributed by atoms with Crippen LogP contribution in [0.5, 0.6) is 0 Å². The Kier molecular flexibility index (Phi) is 11.8. The minimum atomic E-state index is -0.292. The third kappa shape index (κ3) is 8.87. The van der Waals surface area contributed by atoms with Crippen LogP contribution in [0.15, 0.2) is 12.2 Å². The summed E-state index contributed by atoms with van der Waals surface area (Å²) in [4.78, 5) is 11.1. The smallest absolute Gasteiger partial charge is 0.305 e. The van der Waals surface area contributed by atoms with Crippen LogP contribution in [0.25, 0.3) is 0 Å². The van der Waals surface area contributed by atoms with Gasteiger partial charge in [0.1, 0.15) is 0 Å². The third-order valence-corrected chi connectivity index (χ3v) is 5.49. The average Bonchev–Trinajstić information content (AvgIpc) is 2.98. The number of hydrogen-bond donors (Lipinski definition) is 2. The number of esters is 1. The third-order valence-electron chi connectivity index (χ3n) is 5.49. The molecule has 1 rings (SSSR count). The molecule has 1 aliphatic rings. The van der Waals surface area contributed by atoms with E-state index in [-0.39, 0.29) is 30.0 Å². The quantitative estimate of drug-likeness (QED) is 0.292. The molecule has 0 heterocycles. The molecule has 146 valence electrons. The molecular weight excluding hydrogens is 316 g/mol. The van der Waals surface area contributed by atoms with Crippen molar-refractivity contribution in [3.8, 4) is 0 Å². The number of ether oxygens (including phenoxy) is 1. The highest BCUT2D eigenvalue weighted by Gasteiger charge is 2.37. The van der Waals surface area contributed by atoms with Gasteiger partial charge in [-0.1, -0.05) is 51.2 Å². The molecular formula is C21H38O4. The maximum atomic E-state index is 11.1. The maximum Gasteiger partial charge on any atom is 0.305 e. The first-order valence-corrected chi connectivity index (χ1v) is 10.2. The molecule has 0 spiro atoms. The van der Waals surface area contributed by atoms with Gasteiger partial charge in [0.05, 0.1) is 19.3 Å². The van der Waals surface area contributed by atoms with Gasteiger partial charge in [-0.05, 0) is 50.4 Å². The van der Waals surface area contributed by atoms with Gasteiger partial charge in [0, 0.05) is 6.42 Å². The molecule has 1 saturated carbocycles. The number of aliphatic hydroxyl groups is 2. The van der Waals surface area contributed by atoms with Crippen LogP contribution in [-0.2, 0) is 9.53 Å². The summed E-state index contributed by atoms with van der Waals surface area (Å²) in [6.07, 6.45) is 15.2. The van der Waals surface area contributed by atoms with Crippen LogP contribution in [0.4, 0.5) is 0 Å². The molecule has 4 atom stereocenters. The lowest BCUT2D eigenvalue weighted by Crippen LogP contribution is -2.28. The molecule has 0 aromatic rings. The van der Waals surface area contributed by atoms with E-state index in [9.17, 15) is 15.0 Å². The first-order valence-electron chi connectivity index (χ1n) is 10.2. The van der Waals surface area contributed by atoms with Crippen LogP contribution < -0.4 is 0 Å². The lowest BCUT2D eigenvalue weighted by molar-refractivity contribution is -0.140. The Morgan fingerprint density at radius 3 is 2.64 bits per heavy atom. The maximum absolute atomic E-state index is 11.1. The van der Waals surface area contributed by atoms with Gasteiger partial charge in [-0.25, -0.2) is 0 Å². The van der Waals surface area contributed by atoms with E-state index >= 15 is 0 Å². The average molecular weight is 355 g/mol. The van der Waals surface area contributed by atoms with Gasteiger partial charge in [0.2, 0.25) is 0 Å². The van der Waals surface area contributed by atoms with Gasteiger partial charge >= 0.3 is 5.97 Å². The fourth-order valence-corrected chi connectivity index (χ4v) is 3.89. The zero-order valence-electron chi connectivity index (χ0n) is 16.2. The molecule has 1 fully saturated rings. The van der Waals surface area contributed by atoms with Crippen LogP contribution in [0.2, 0.25) is 0 Å². The topological polar surface area (TPSA) is 66.8 Å². The predicted molar refractivity (Wildman–Crippen MR) is 101 cm³/mol. The van der Waals surface area contributed by atoms with Crippen molar-refractivity contribution in [3.63, 3.8) is 0 Å². The van der Waals surface area contributed by atoms with Crippen molar-refractivity contribution in [2.45, 2.75) is 96.2 Å². The SMILES string of the molecule is CCCCCCCC(O)[C@@H]1CCC(O)[C@@H]1CC=CCCCC(=O)OC. The molecule has 0 saturated heterocycles. The minimum absolute atomic E-state index is 0.165. The molecule has 4 heteroatoms. The fraction of sp³-hybridized carbons (Fsp3) is 0.857. The van der Waals surface area contributed by atoms with E-state index in [4.69, 9.17) is 0 Å². The summed E-state index contributed by atoms with van der Waals surface area (Å²) in [7, 11) is 1.41.